The molecule has 0 aliphatic rings. The highest BCUT2D eigenvalue weighted by atomic mass is 16.3. The molecular weight excluding hydrogens is 384 g/mol. The van der Waals surface area contributed by atoms with Gasteiger partial charge in [-0.2, -0.15) is 0 Å². The third kappa shape index (κ3) is 3.47. The largest absolute Gasteiger partial charge is 0.507 e. The van der Waals surface area contributed by atoms with Crippen LogP contribution in [0.4, 0.5) is 17.1 Å². The van der Waals surface area contributed by atoms with Gasteiger partial charge in [-0.25, -0.2) is 15.0 Å². The van der Waals surface area contributed by atoms with Crippen molar-refractivity contribution in [3.05, 3.63) is 54.6 Å². The molecule has 0 atom stereocenters. The van der Waals surface area contributed by atoms with E-state index in [-0.39, 0.29) is 34.7 Å². The summed E-state index contributed by atoms with van der Waals surface area (Å²) >= 11 is 0. The summed E-state index contributed by atoms with van der Waals surface area (Å²) in [6.45, 7) is 0. The van der Waals surface area contributed by atoms with Crippen molar-refractivity contribution in [3.63, 3.8) is 0 Å². The number of rotatable bonds is 3. The van der Waals surface area contributed by atoms with Crippen LogP contribution in [0.3, 0.4) is 0 Å². The van der Waals surface area contributed by atoms with Crippen molar-refractivity contribution in [2.24, 2.45) is 0 Å². The zero-order chi connectivity index (χ0) is 21.4. The summed E-state index contributed by atoms with van der Waals surface area (Å²) in [5, 5.41) is 31.0. The number of phenolic OH excluding ortho intramolecular Hbond substituents is 3. The molecule has 0 spiro atoms. The van der Waals surface area contributed by atoms with Gasteiger partial charge in [0.25, 0.3) is 0 Å². The summed E-state index contributed by atoms with van der Waals surface area (Å²) in [5.74, 6) is 0.00307. The zero-order valence-electron chi connectivity index (χ0n) is 15.6. The number of nitrogen functional groups attached to an aromatic ring is 3. The zero-order valence-corrected chi connectivity index (χ0v) is 15.6. The lowest BCUT2D eigenvalue weighted by atomic mass is 10.1. The van der Waals surface area contributed by atoms with E-state index in [0.29, 0.717) is 33.8 Å². The summed E-state index contributed by atoms with van der Waals surface area (Å²) < 4.78 is 0. The van der Waals surface area contributed by atoms with Crippen LogP contribution >= 0.6 is 0 Å². The van der Waals surface area contributed by atoms with Gasteiger partial charge in [-0.15, -0.1) is 0 Å². The molecule has 30 heavy (non-hydrogen) atoms. The summed E-state index contributed by atoms with van der Waals surface area (Å²) in [6.07, 6.45) is 0. The van der Waals surface area contributed by atoms with Gasteiger partial charge in [0, 0.05) is 35.3 Å². The fourth-order valence-corrected chi connectivity index (χ4v) is 2.95. The molecule has 1 aromatic heterocycles. The van der Waals surface area contributed by atoms with Gasteiger partial charge in [-0.05, 0) is 36.4 Å². The molecular formula is C21H18N6O3. The third-order valence-corrected chi connectivity index (χ3v) is 4.42. The number of aromatic hydroxyl groups is 3. The van der Waals surface area contributed by atoms with Crippen molar-refractivity contribution in [2.75, 3.05) is 17.2 Å². The minimum absolute atomic E-state index is 0.124. The van der Waals surface area contributed by atoms with Crippen molar-refractivity contribution in [3.8, 4) is 51.4 Å². The highest BCUT2D eigenvalue weighted by molar-refractivity contribution is 5.75. The Bertz CT molecular complexity index is 1110. The highest BCUT2D eigenvalue weighted by Crippen LogP contribution is 2.36. The fourth-order valence-electron chi connectivity index (χ4n) is 2.95. The number of hydrogen-bond donors (Lipinski definition) is 6. The SMILES string of the molecule is Nc1ccc(-c2nc(-c3ccc(N)cc3O)nc(-c3ccc(N)cc3O)n2)c(O)c1. The molecule has 1 heterocycles. The number of anilines is 3. The highest BCUT2D eigenvalue weighted by Gasteiger charge is 2.18. The maximum atomic E-state index is 10.3. The number of aromatic nitrogens is 3. The average Bonchev–Trinajstić information content (AvgIpc) is 2.67. The summed E-state index contributed by atoms with van der Waals surface area (Å²) in [6, 6.07) is 13.6. The molecule has 0 bridgehead atoms. The van der Waals surface area contributed by atoms with E-state index in [9.17, 15) is 15.3 Å². The average molecular weight is 402 g/mol. The molecule has 0 saturated carbocycles. The van der Waals surface area contributed by atoms with E-state index in [4.69, 9.17) is 17.2 Å². The van der Waals surface area contributed by atoms with Gasteiger partial charge in [0.2, 0.25) is 0 Å². The van der Waals surface area contributed by atoms with E-state index < -0.39 is 0 Å². The Labute approximate surface area is 171 Å². The first kappa shape index (κ1) is 18.8. The second-order valence-electron chi connectivity index (χ2n) is 6.64. The van der Waals surface area contributed by atoms with Crippen LogP contribution in [0.5, 0.6) is 17.2 Å². The predicted octanol–water partition coefficient (Wildman–Crippen LogP) is 2.74. The molecule has 0 aliphatic heterocycles. The number of hydrogen-bond acceptors (Lipinski definition) is 9. The lowest BCUT2D eigenvalue weighted by Crippen LogP contribution is -2.01. The van der Waals surface area contributed by atoms with Crippen LogP contribution in [0.1, 0.15) is 0 Å². The van der Waals surface area contributed by atoms with E-state index in [1.165, 1.54) is 18.2 Å². The van der Waals surface area contributed by atoms with Crippen LogP contribution in [0.2, 0.25) is 0 Å². The summed E-state index contributed by atoms with van der Waals surface area (Å²) in [4.78, 5) is 13.2. The first-order chi connectivity index (χ1) is 14.3. The second kappa shape index (κ2) is 7.13. The molecule has 0 aliphatic carbocycles. The van der Waals surface area contributed by atoms with E-state index in [1.54, 1.807) is 36.4 Å². The molecule has 0 unspecified atom stereocenters. The van der Waals surface area contributed by atoms with Crippen molar-refractivity contribution in [1.82, 2.24) is 15.0 Å². The molecule has 4 aromatic rings. The van der Waals surface area contributed by atoms with Gasteiger partial charge < -0.3 is 32.5 Å². The van der Waals surface area contributed by atoms with Gasteiger partial charge in [-0.1, -0.05) is 0 Å². The fraction of sp³-hybridized carbons (Fsp3) is 0. The Hall–Kier alpha value is -4.53. The van der Waals surface area contributed by atoms with Crippen molar-refractivity contribution in [1.29, 1.82) is 0 Å². The molecule has 9 nitrogen and oxygen atoms in total. The minimum atomic E-state index is -0.124. The van der Waals surface area contributed by atoms with E-state index >= 15 is 0 Å². The molecule has 0 radical (unpaired) electrons. The van der Waals surface area contributed by atoms with Gasteiger partial charge in [-0.3, -0.25) is 0 Å². The lowest BCUT2D eigenvalue weighted by molar-refractivity contribution is 0.477. The first-order valence-corrected chi connectivity index (χ1v) is 8.84. The van der Waals surface area contributed by atoms with Crippen LogP contribution in [0.15, 0.2) is 54.6 Å². The van der Waals surface area contributed by atoms with Crippen molar-refractivity contribution in [2.45, 2.75) is 0 Å². The van der Waals surface area contributed by atoms with Crippen LogP contribution in [-0.4, -0.2) is 30.3 Å². The number of phenols is 3. The molecule has 4 rings (SSSR count). The maximum absolute atomic E-state index is 10.3. The third-order valence-electron chi connectivity index (χ3n) is 4.42. The molecule has 0 fully saturated rings. The monoisotopic (exact) mass is 402 g/mol. The standard InChI is InChI=1S/C21H18N6O3/c22-10-1-4-13(16(28)7-10)19-25-20(14-5-2-11(23)8-17(14)29)27-21(26-19)15-6-3-12(24)9-18(15)30/h1-9,28-30H,22-24H2. The van der Waals surface area contributed by atoms with Crippen LogP contribution in [-0.2, 0) is 0 Å². The van der Waals surface area contributed by atoms with E-state index in [0.717, 1.165) is 0 Å². The molecule has 150 valence electrons. The molecule has 0 amide bonds. The number of nitrogens with two attached hydrogens (primary N) is 3. The quantitative estimate of drug-likeness (QED) is 0.281. The first-order valence-electron chi connectivity index (χ1n) is 8.84. The van der Waals surface area contributed by atoms with Crippen molar-refractivity contribution >= 4 is 17.1 Å². The minimum Gasteiger partial charge on any atom is -0.507 e. The molecule has 9 heteroatoms. The topological polar surface area (TPSA) is 177 Å². The second-order valence-corrected chi connectivity index (χ2v) is 6.64. The summed E-state index contributed by atoms with van der Waals surface area (Å²) in [7, 11) is 0. The van der Waals surface area contributed by atoms with Crippen LogP contribution < -0.4 is 17.2 Å². The Morgan fingerprint density at radius 2 is 0.733 bits per heavy atom. The molecule has 3 aromatic carbocycles. The smallest absolute Gasteiger partial charge is 0.167 e. The van der Waals surface area contributed by atoms with Gasteiger partial charge in [0.05, 0.1) is 16.7 Å². The Morgan fingerprint density at radius 1 is 0.467 bits per heavy atom. The normalized spacial score (nSPS) is 10.8. The molecule has 9 N–H and O–H groups in total. The predicted molar refractivity (Wildman–Crippen MR) is 114 cm³/mol. The Morgan fingerprint density at radius 3 is 0.967 bits per heavy atom. The van der Waals surface area contributed by atoms with Crippen LogP contribution in [0.25, 0.3) is 34.2 Å². The van der Waals surface area contributed by atoms with Gasteiger partial charge in [0.1, 0.15) is 17.2 Å². The Balaban J connectivity index is 1.98. The molecule has 0 saturated heterocycles. The van der Waals surface area contributed by atoms with Crippen molar-refractivity contribution < 1.29 is 15.3 Å². The van der Waals surface area contributed by atoms with Gasteiger partial charge >= 0.3 is 0 Å². The Kier molecular flexibility index (Phi) is 4.47. The van der Waals surface area contributed by atoms with E-state index in [2.05, 4.69) is 15.0 Å². The summed E-state index contributed by atoms with van der Waals surface area (Å²) in [5.41, 5.74) is 19.2. The lowest BCUT2D eigenvalue weighted by Gasteiger charge is -2.11. The van der Waals surface area contributed by atoms with Gasteiger partial charge in [0.15, 0.2) is 17.5 Å². The maximum Gasteiger partial charge on any atom is 0.167 e. The van der Waals surface area contributed by atoms with Crippen LogP contribution in [0, 0.1) is 0 Å². The van der Waals surface area contributed by atoms with E-state index in [1.807, 2.05) is 0 Å². The number of benzene rings is 3. The number of nitrogens with zero attached hydrogens (tertiary/aromatic N) is 3.